The number of carbonyl (C=O) groups is 2. The summed E-state index contributed by atoms with van der Waals surface area (Å²) in [6, 6.07) is 6.33. The molecule has 6 nitrogen and oxygen atoms in total. The number of carboxylic acids is 1. The van der Waals surface area contributed by atoms with Gasteiger partial charge in [-0.15, -0.1) is 0 Å². The number of nitrogens with one attached hydrogen (secondary N) is 1. The maximum atomic E-state index is 13.2. The molecule has 0 radical (unpaired) electrons. The lowest BCUT2D eigenvalue weighted by atomic mass is 9.98. The molecule has 2 rings (SSSR count). The van der Waals surface area contributed by atoms with Gasteiger partial charge in [-0.1, -0.05) is 19.1 Å². The molecule has 0 fully saturated rings. The lowest BCUT2D eigenvalue weighted by Gasteiger charge is -2.19. The number of benzene rings is 1. The Balaban J connectivity index is 1.92. The highest BCUT2D eigenvalue weighted by Crippen LogP contribution is 2.18. The van der Waals surface area contributed by atoms with Gasteiger partial charge in [-0.25, -0.2) is 9.18 Å². The fraction of sp³-hybridized carbons (Fsp3) is 0.389. The van der Waals surface area contributed by atoms with Crippen molar-refractivity contribution in [2.75, 3.05) is 5.32 Å². The predicted molar refractivity (Wildman–Crippen MR) is 91.7 cm³/mol. The Labute approximate surface area is 145 Å². The normalized spacial score (nSPS) is 12.6. The van der Waals surface area contributed by atoms with E-state index in [1.165, 1.54) is 43.1 Å². The lowest BCUT2D eigenvalue weighted by molar-refractivity contribution is -0.146. The average molecular weight is 347 g/mol. The van der Waals surface area contributed by atoms with Crippen LogP contribution in [0.4, 0.5) is 10.1 Å². The Morgan fingerprint density at radius 2 is 2.12 bits per heavy atom. The van der Waals surface area contributed by atoms with Crippen molar-refractivity contribution < 1.29 is 19.1 Å². The van der Waals surface area contributed by atoms with E-state index >= 15 is 0 Å². The molecule has 25 heavy (non-hydrogen) atoms. The molecule has 0 aliphatic heterocycles. The van der Waals surface area contributed by atoms with Crippen molar-refractivity contribution in [2.24, 2.45) is 5.92 Å². The number of carboxylic acid groups (broad SMARTS) is 1. The summed E-state index contributed by atoms with van der Waals surface area (Å²) in [7, 11) is 0. The minimum absolute atomic E-state index is 0.0345. The molecule has 2 N–H and O–H groups in total. The van der Waals surface area contributed by atoms with Crippen LogP contribution in [-0.4, -0.2) is 26.8 Å². The van der Waals surface area contributed by atoms with Crippen LogP contribution in [0.3, 0.4) is 0 Å². The first kappa shape index (κ1) is 18.6. The number of aliphatic carboxylic acids is 1. The topological polar surface area (TPSA) is 84.2 Å². The molecule has 1 amide bonds. The highest BCUT2D eigenvalue weighted by atomic mass is 19.1. The molecule has 0 aliphatic carbocycles. The summed E-state index contributed by atoms with van der Waals surface area (Å²) in [6.45, 7) is 4.96. The third kappa shape index (κ3) is 4.89. The summed E-state index contributed by atoms with van der Waals surface area (Å²) in [4.78, 5) is 23.4. The molecule has 134 valence electrons. The molecular formula is C18H22FN3O3. The van der Waals surface area contributed by atoms with E-state index in [9.17, 15) is 19.1 Å². The van der Waals surface area contributed by atoms with E-state index in [0.717, 1.165) is 5.56 Å². The second kappa shape index (κ2) is 7.46. The molecule has 1 heterocycles. The van der Waals surface area contributed by atoms with E-state index in [2.05, 4.69) is 10.4 Å². The maximum Gasteiger partial charge on any atom is 0.331 e. The van der Waals surface area contributed by atoms with Crippen molar-refractivity contribution in [3.05, 3.63) is 48.0 Å². The van der Waals surface area contributed by atoms with Crippen LogP contribution in [0.15, 0.2) is 36.7 Å². The van der Waals surface area contributed by atoms with Gasteiger partial charge in [0.1, 0.15) is 5.82 Å². The number of hydrogen-bond donors (Lipinski definition) is 2. The molecule has 0 aliphatic rings. The number of amides is 1. The fourth-order valence-corrected chi connectivity index (χ4v) is 2.46. The molecule has 0 bridgehead atoms. The first-order valence-corrected chi connectivity index (χ1v) is 8.01. The number of anilines is 1. The van der Waals surface area contributed by atoms with E-state index < -0.39 is 11.5 Å². The number of hydrogen-bond acceptors (Lipinski definition) is 3. The Hall–Kier alpha value is -2.70. The quantitative estimate of drug-likeness (QED) is 0.806. The van der Waals surface area contributed by atoms with Gasteiger partial charge in [0.15, 0.2) is 5.54 Å². The minimum atomic E-state index is -1.20. The third-order valence-corrected chi connectivity index (χ3v) is 3.97. The van der Waals surface area contributed by atoms with Crippen molar-refractivity contribution in [3.8, 4) is 0 Å². The highest BCUT2D eigenvalue weighted by Gasteiger charge is 2.30. The van der Waals surface area contributed by atoms with E-state index in [-0.39, 0.29) is 24.1 Å². The van der Waals surface area contributed by atoms with Crippen molar-refractivity contribution in [1.82, 2.24) is 9.78 Å². The number of carbonyl (C=O) groups excluding carboxylic acids is 1. The van der Waals surface area contributed by atoms with Crippen LogP contribution in [0.2, 0.25) is 0 Å². The highest BCUT2D eigenvalue weighted by molar-refractivity contribution is 5.90. The summed E-state index contributed by atoms with van der Waals surface area (Å²) in [6.07, 6.45) is 3.77. The van der Waals surface area contributed by atoms with Gasteiger partial charge in [0.05, 0.1) is 11.9 Å². The Morgan fingerprint density at radius 1 is 1.40 bits per heavy atom. The van der Waals surface area contributed by atoms with Gasteiger partial charge in [0, 0.05) is 12.6 Å². The number of rotatable bonds is 7. The standard InChI is InChI=1S/C18H22FN3O3/c1-12(7-13-5-4-6-14(19)9-13)8-16(23)21-15-10-20-22(11-15)18(2,3)17(24)25/h4-6,9-12H,7-8H2,1-3H3,(H,21,23)(H,24,25). The van der Waals surface area contributed by atoms with Crippen molar-refractivity contribution in [3.63, 3.8) is 0 Å². The van der Waals surface area contributed by atoms with Gasteiger partial charge in [-0.05, 0) is 43.9 Å². The van der Waals surface area contributed by atoms with Gasteiger partial charge in [0.2, 0.25) is 5.91 Å². The van der Waals surface area contributed by atoms with Crippen LogP contribution in [-0.2, 0) is 21.5 Å². The van der Waals surface area contributed by atoms with Gasteiger partial charge >= 0.3 is 5.97 Å². The van der Waals surface area contributed by atoms with Crippen molar-refractivity contribution >= 4 is 17.6 Å². The third-order valence-electron chi connectivity index (χ3n) is 3.97. The van der Waals surface area contributed by atoms with Gasteiger partial charge < -0.3 is 10.4 Å². The summed E-state index contributed by atoms with van der Waals surface area (Å²) in [5.74, 6) is -1.47. The Kier molecular flexibility index (Phi) is 5.56. The molecule has 1 atom stereocenters. The second-order valence-corrected chi connectivity index (χ2v) is 6.73. The molecule has 0 saturated carbocycles. The van der Waals surface area contributed by atoms with E-state index in [1.807, 2.05) is 13.0 Å². The first-order valence-electron chi connectivity index (χ1n) is 8.01. The zero-order chi connectivity index (χ0) is 18.6. The lowest BCUT2D eigenvalue weighted by Crippen LogP contribution is -2.35. The van der Waals surface area contributed by atoms with Gasteiger partial charge in [-0.3, -0.25) is 9.48 Å². The Morgan fingerprint density at radius 3 is 2.76 bits per heavy atom. The fourth-order valence-electron chi connectivity index (χ4n) is 2.46. The first-order chi connectivity index (χ1) is 11.7. The SMILES string of the molecule is CC(CC(=O)Nc1cnn(C(C)(C)C(=O)O)c1)Cc1cccc(F)c1. The van der Waals surface area contributed by atoms with Crippen LogP contribution in [0.25, 0.3) is 0 Å². The largest absolute Gasteiger partial charge is 0.479 e. The van der Waals surface area contributed by atoms with Crippen molar-refractivity contribution in [1.29, 1.82) is 0 Å². The van der Waals surface area contributed by atoms with Crippen LogP contribution < -0.4 is 5.32 Å². The smallest absolute Gasteiger partial charge is 0.331 e. The second-order valence-electron chi connectivity index (χ2n) is 6.73. The van der Waals surface area contributed by atoms with Crippen molar-refractivity contribution in [2.45, 2.75) is 39.2 Å². The molecule has 0 spiro atoms. The molecule has 1 unspecified atom stereocenters. The van der Waals surface area contributed by atoms with Crippen LogP contribution in [0.5, 0.6) is 0 Å². The van der Waals surface area contributed by atoms with E-state index in [0.29, 0.717) is 12.1 Å². The van der Waals surface area contributed by atoms with Crippen LogP contribution >= 0.6 is 0 Å². The van der Waals surface area contributed by atoms with Gasteiger partial charge in [0.25, 0.3) is 0 Å². The van der Waals surface area contributed by atoms with E-state index in [4.69, 9.17) is 0 Å². The van der Waals surface area contributed by atoms with Crippen LogP contribution in [0, 0.1) is 11.7 Å². The molecule has 0 saturated heterocycles. The van der Waals surface area contributed by atoms with E-state index in [1.54, 1.807) is 6.07 Å². The number of nitrogens with zero attached hydrogens (tertiary/aromatic N) is 2. The zero-order valence-corrected chi connectivity index (χ0v) is 14.5. The predicted octanol–water partition coefficient (Wildman–Crippen LogP) is 3.05. The Bertz CT molecular complexity index is 770. The summed E-state index contributed by atoms with van der Waals surface area (Å²) >= 11 is 0. The minimum Gasteiger partial charge on any atom is -0.479 e. The molecule has 7 heteroatoms. The summed E-state index contributed by atoms with van der Waals surface area (Å²) in [5, 5.41) is 15.9. The van der Waals surface area contributed by atoms with Crippen LogP contribution in [0.1, 0.15) is 32.8 Å². The zero-order valence-electron chi connectivity index (χ0n) is 14.5. The monoisotopic (exact) mass is 347 g/mol. The molecular weight excluding hydrogens is 325 g/mol. The number of halogens is 1. The molecule has 1 aromatic carbocycles. The summed E-state index contributed by atoms with van der Waals surface area (Å²) in [5.41, 5.74) is 0.0850. The maximum absolute atomic E-state index is 13.2. The van der Waals surface area contributed by atoms with Gasteiger partial charge in [-0.2, -0.15) is 5.10 Å². The molecule has 1 aromatic heterocycles. The average Bonchev–Trinajstić information content (AvgIpc) is 2.95. The summed E-state index contributed by atoms with van der Waals surface area (Å²) < 4.78 is 14.5. The number of aromatic nitrogens is 2. The molecule has 2 aromatic rings.